The normalized spacial score (nSPS) is 17.8. The average Bonchev–Trinajstić information content (AvgIpc) is 2.23. The van der Waals surface area contributed by atoms with Gasteiger partial charge in [0.15, 0.2) is 0 Å². The summed E-state index contributed by atoms with van der Waals surface area (Å²) in [6, 6.07) is 2.17. The smallest absolute Gasteiger partial charge is 0.211 e. The first kappa shape index (κ1) is 12.8. The van der Waals surface area contributed by atoms with Gasteiger partial charge in [-0.3, -0.25) is 0 Å². The van der Waals surface area contributed by atoms with Gasteiger partial charge < -0.3 is 0 Å². The molecule has 96 valence electrons. The van der Waals surface area contributed by atoms with Gasteiger partial charge in [-0.25, -0.2) is 9.18 Å². The van der Waals surface area contributed by atoms with Crippen molar-refractivity contribution >= 4 is 6.08 Å². The van der Waals surface area contributed by atoms with Crippen LogP contribution in [0.15, 0.2) is 23.2 Å². The van der Waals surface area contributed by atoms with Crippen LogP contribution >= 0.6 is 0 Å². The standard InChI is InChI=1S/C12H9F4NO/c13-10-3-2-8(12(14,15)16)6-9(10)11(17-7-18)4-1-5-11/h2-3,6H,1,4-5H2. The average molecular weight is 259 g/mol. The zero-order valence-electron chi connectivity index (χ0n) is 9.22. The van der Waals surface area contributed by atoms with Crippen molar-refractivity contribution in [1.82, 2.24) is 0 Å². The van der Waals surface area contributed by atoms with Crippen molar-refractivity contribution in [1.29, 1.82) is 0 Å². The van der Waals surface area contributed by atoms with Crippen LogP contribution in [-0.4, -0.2) is 6.08 Å². The second kappa shape index (κ2) is 4.21. The molecule has 1 aliphatic carbocycles. The largest absolute Gasteiger partial charge is 0.416 e. The molecule has 0 N–H and O–H groups in total. The number of hydrogen-bond donors (Lipinski definition) is 0. The van der Waals surface area contributed by atoms with E-state index in [0.29, 0.717) is 25.3 Å². The monoisotopic (exact) mass is 259 g/mol. The topological polar surface area (TPSA) is 29.4 Å². The van der Waals surface area contributed by atoms with Crippen LogP contribution < -0.4 is 0 Å². The predicted molar refractivity (Wildman–Crippen MR) is 55.1 cm³/mol. The van der Waals surface area contributed by atoms with E-state index >= 15 is 0 Å². The van der Waals surface area contributed by atoms with Gasteiger partial charge in [-0.05, 0) is 37.5 Å². The van der Waals surface area contributed by atoms with Gasteiger partial charge in [-0.1, -0.05) is 0 Å². The Balaban J connectivity index is 2.53. The minimum atomic E-state index is -4.54. The fourth-order valence-corrected chi connectivity index (χ4v) is 2.10. The third kappa shape index (κ3) is 2.04. The van der Waals surface area contributed by atoms with Crippen LogP contribution in [-0.2, 0) is 16.5 Å². The van der Waals surface area contributed by atoms with Crippen LogP contribution in [0.25, 0.3) is 0 Å². The van der Waals surface area contributed by atoms with Crippen LogP contribution in [0, 0.1) is 5.82 Å². The Labute approximate surface area is 100 Å². The van der Waals surface area contributed by atoms with Gasteiger partial charge >= 0.3 is 6.18 Å². The highest BCUT2D eigenvalue weighted by Crippen LogP contribution is 2.46. The Hall–Kier alpha value is -1.68. The lowest BCUT2D eigenvalue weighted by molar-refractivity contribution is -0.137. The van der Waals surface area contributed by atoms with E-state index < -0.39 is 23.1 Å². The van der Waals surface area contributed by atoms with E-state index in [0.717, 1.165) is 12.1 Å². The molecule has 0 spiro atoms. The molecule has 0 atom stereocenters. The lowest BCUT2D eigenvalue weighted by atomic mass is 9.72. The summed E-state index contributed by atoms with van der Waals surface area (Å²) in [5.74, 6) is -0.776. The molecule has 2 rings (SSSR count). The summed E-state index contributed by atoms with van der Waals surface area (Å²) >= 11 is 0. The summed E-state index contributed by atoms with van der Waals surface area (Å²) in [4.78, 5) is 13.8. The highest BCUT2D eigenvalue weighted by atomic mass is 19.4. The number of carbonyl (C=O) groups excluding carboxylic acids is 1. The highest BCUT2D eigenvalue weighted by Gasteiger charge is 2.42. The molecule has 1 aliphatic rings. The lowest BCUT2D eigenvalue weighted by Gasteiger charge is -2.37. The van der Waals surface area contributed by atoms with Gasteiger partial charge in [0, 0.05) is 5.56 Å². The van der Waals surface area contributed by atoms with Crippen molar-refractivity contribution in [2.24, 2.45) is 4.99 Å². The van der Waals surface area contributed by atoms with Crippen molar-refractivity contribution in [2.45, 2.75) is 31.0 Å². The van der Waals surface area contributed by atoms with Crippen molar-refractivity contribution in [3.8, 4) is 0 Å². The van der Waals surface area contributed by atoms with Gasteiger partial charge in [0.05, 0.1) is 5.56 Å². The maximum Gasteiger partial charge on any atom is 0.416 e. The summed E-state index contributed by atoms with van der Waals surface area (Å²) < 4.78 is 51.3. The van der Waals surface area contributed by atoms with Crippen LogP contribution in [0.4, 0.5) is 17.6 Å². The van der Waals surface area contributed by atoms with E-state index in [-0.39, 0.29) is 5.56 Å². The summed E-state index contributed by atoms with van der Waals surface area (Å²) in [7, 11) is 0. The molecule has 0 saturated heterocycles. The Morgan fingerprint density at radius 1 is 1.28 bits per heavy atom. The summed E-state index contributed by atoms with van der Waals surface area (Å²) in [6.07, 6.45) is -1.80. The molecule has 18 heavy (non-hydrogen) atoms. The minimum absolute atomic E-state index is 0.174. The Morgan fingerprint density at radius 2 is 1.94 bits per heavy atom. The van der Waals surface area contributed by atoms with E-state index in [1.807, 2.05) is 0 Å². The number of aliphatic imine (C=N–C) groups is 1. The van der Waals surface area contributed by atoms with E-state index in [4.69, 9.17) is 0 Å². The zero-order valence-corrected chi connectivity index (χ0v) is 9.22. The van der Waals surface area contributed by atoms with Gasteiger partial charge in [0.25, 0.3) is 0 Å². The lowest BCUT2D eigenvalue weighted by Crippen LogP contribution is -2.33. The number of isocyanates is 1. The van der Waals surface area contributed by atoms with Crippen molar-refractivity contribution in [3.63, 3.8) is 0 Å². The molecule has 1 fully saturated rings. The van der Waals surface area contributed by atoms with Crippen LogP contribution in [0.2, 0.25) is 0 Å². The van der Waals surface area contributed by atoms with Gasteiger partial charge in [-0.2, -0.15) is 18.2 Å². The Morgan fingerprint density at radius 3 is 2.39 bits per heavy atom. The van der Waals surface area contributed by atoms with E-state index in [9.17, 15) is 22.4 Å². The highest BCUT2D eigenvalue weighted by molar-refractivity contribution is 5.41. The molecule has 0 aliphatic heterocycles. The fourth-order valence-electron chi connectivity index (χ4n) is 2.10. The molecule has 0 heterocycles. The molecule has 0 aromatic heterocycles. The molecule has 1 aromatic carbocycles. The van der Waals surface area contributed by atoms with Crippen LogP contribution in [0.5, 0.6) is 0 Å². The second-order valence-corrected chi connectivity index (χ2v) is 4.28. The summed E-state index contributed by atoms with van der Waals surface area (Å²) in [5.41, 5.74) is -2.27. The van der Waals surface area contributed by atoms with Gasteiger partial charge in [0.1, 0.15) is 11.4 Å². The molecule has 6 heteroatoms. The first-order valence-electron chi connectivity index (χ1n) is 5.35. The molecule has 0 unspecified atom stereocenters. The summed E-state index contributed by atoms with van der Waals surface area (Å²) in [6.45, 7) is 0. The number of nitrogens with zero attached hydrogens (tertiary/aromatic N) is 1. The third-order valence-corrected chi connectivity index (χ3v) is 3.24. The van der Waals surface area contributed by atoms with Gasteiger partial charge in [-0.15, -0.1) is 0 Å². The second-order valence-electron chi connectivity index (χ2n) is 4.28. The molecular formula is C12H9F4NO. The molecule has 1 saturated carbocycles. The predicted octanol–water partition coefficient (Wildman–Crippen LogP) is 3.56. The molecule has 0 bridgehead atoms. The molecule has 2 nitrogen and oxygen atoms in total. The molecule has 0 amide bonds. The van der Waals surface area contributed by atoms with Crippen LogP contribution in [0.3, 0.4) is 0 Å². The number of alkyl halides is 3. The zero-order chi connectivity index (χ0) is 13.4. The van der Waals surface area contributed by atoms with Crippen LogP contribution in [0.1, 0.15) is 30.4 Å². The fraction of sp³-hybridized carbons (Fsp3) is 0.417. The third-order valence-electron chi connectivity index (χ3n) is 3.24. The maximum absolute atomic E-state index is 13.6. The van der Waals surface area contributed by atoms with E-state index in [2.05, 4.69) is 4.99 Å². The van der Waals surface area contributed by atoms with E-state index in [1.165, 1.54) is 6.08 Å². The van der Waals surface area contributed by atoms with Gasteiger partial charge in [0.2, 0.25) is 6.08 Å². The minimum Gasteiger partial charge on any atom is -0.211 e. The Bertz CT molecular complexity index is 513. The number of hydrogen-bond acceptors (Lipinski definition) is 2. The van der Waals surface area contributed by atoms with Crippen molar-refractivity contribution in [2.75, 3.05) is 0 Å². The number of benzene rings is 1. The quantitative estimate of drug-likeness (QED) is 0.453. The van der Waals surface area contributed by atoms with Crippen molar-refractivity contribution in [3.05, 3.63) is 35.1 Å². The SMILES string of the molecule is O=C=NC1(c2cc(C(F)(F)F)ccc2F)CCC1. The molecular weight excluding hydrogens is 250 g/mol. The number of rotatable bonds is 2. The summed E-state index contributed by atoms with van der Waals surface area (Å²) in [5, 5.41) is 0. The van der Waals surface area contributed by atoms with Crippen molar-refractivity contribution < 1.29 is 22.4 Å². The molecule has 1 aromatic rings. The van der Waals surface area contributed by atoms with E-state index in [1.54, 1.807) is 0 Å². The maximum atomic E-state index is 13.6. The first-order chi connectivity index (χ1) is 8.39. The first-order valence-corrected chi connectivity index (χ1v) is 5.35. The molecule has 0 radical (unpaired) electrons. The Kier molecular flexibility index (Phi) is 2.99. The number of halogens is 4.